The predicted molar refractivity (Wildman–Crippen MR) is 81.3 cm³/mol. The maximum Gasteiger partial charge on any atom is 0.244 e. The highest BCUT2D eigenvalue weighted by atomic mass is 16.3. The molecule has 1 aromatic carbocycles. The van der Waals surface area contributed by atoms with E-state index in [9.17, 15) is 9.90 Å². The number of rotatable bonds is 5. The highest BCUT2D eigenvalue weighted by Crippen LogP contribution is 2.19. The fraction of sp³-hybridized carbons (Fsp3) is 0.250. The number of amides is 1. The van der Waals surface area contributed by atoms with E-state index in [1.54, 1.807) is 30.9 Å². The third-order valence-corrected chi connectivity index (χ3v) is 3.39. The summed E-state index contributed by atoms with van der Waals surface area (Å²) in [5.74, 6) is -0.267. The van der Waals surface area contributed by atoms with Crippen LogP contribution in [0, 0.1) is 0 Å². The molecule has 1 heterocycles. The van der Waals surface area contributed by atoms with Crippen LogP contribution in [-0.4, -0.2) is 27.4 Å². The van der Waals surface area contributed by atoms with Crippen LogP contribution in [0.5, 0.6) is 0 Å². The zero-order valence-corrected chi connectivity index (χ0v) is 12.2. The van der Waals surface area contributed by atoms with Gasteiger partial charge in [-0.2, -0.15) is 5.10 Å². The number of aryl methyl sites for hydroxylation is 1. The van der Waals surface area contributed by atoms with Gasteiger partial charge in [0, 0.05) is 19.3 Å². The second-order valence-electron chi connectivity index (χ2n) is 5.06. The highest BCUT2D eigenvalue weighted by molar-refractivity contribution is 5.92. The van der Waals surface area contributed by atoms with Crippen LogP contribution in [0.3, 0.4) is 0 Å². The van der Waals surface area contributed by atoms with E-state index in [2.05, 4.69) is 10.4 Å². The standard InChI is InChI=1S/C16H19N3O2/c1-16(12-20,13-6-4-3-5-7-13)18-15(21)9-8-14-10-11-17-19(14)2/h3-11,20H,12H2,1-2H3,(H,18,21)/b9-8+. The first-order valence-corrected chi connectivity index (χ1v) is 6.70. The molecule has 2 N–H and O–H groups in total. The largest absolute Gasteiger partial charge is 0.394 e. The first kappa shape index (κ1) is 15.0. The molecule has 0 saturated heterocycles. The molecular weight excluding hydrogens is 266 g/mol. The lowest BCUT2D eigenvalue weighted by molar-refractivity contribution is -0.118. The summed E-state index contributed by atoms with van der Waals surface area (Å²) in [6, 6.07) is 11.2. The number of benzene rings is 1. The van der Waals surface area contributed by atoms with Gasteiger partial charge >= 0.3 is 0 Å². The molecule has 0 aliphatic carbocycles. The van der Waals surface area contributed by atoms with Gasteiger partial charge in [-0.15, -0.1) is 0 Å². The van der Waals surface area contributed by atoms with Gasteiger partial charge in [0.1, 0.15) is 0 Å². The van der Waals surface area contributed by atoms with E-state index in [-0.39, 0.29) is 12.5 Å². The number of carbonyl (C=O) groups is 1. The lowest BCUT2D eigenvalue weighted by Crippen LogP contribution is -2.45. The molecule has 0 aliphatic heterocycles. The lowest BCUT2D eigenvalue weighted by atomic mass is 9.93. The van der Waals surface area contributed by atoms with Crippen LogP contribution >= 0.6 is 0 Å². The molecule has 2 aromatic rings. The fourth-order valence-electron chi connectivity index (χ4n) is 2.03. The molecule has 1 aromatic heterocycles. The van der Waals surface area contributed by atoms with E-state index in [0.717, 1.165) is 11.3 Å². The van der Waals surface area contributed by atoms with Crippen molar-refractivity contribution in [1.82, 2.24) is 15.1 Å². The second-order valence-corrected chi connectivity index (χ2v) is 5.06. The van der Waals surface area contributed by atoms with Crippen molar-refractivity contribution in [3.05, 3.63) is 59.9 Å². The smallest absolute Gasteiger partial charge is 0.244 e. The van der Waals surface area contributed by atoms with Crippen LogP contribution in [0.1, 0.15) is 18.2 Å². The molecule has 5 nitrogen and oxygen atoms in total. The number of aromatic nitrogens is 2. The molecule has 0 radical (unpaired) electrons. The van der Waals surface area contributed by atoms with Gasteiger partial charge in [0.2, 0.25) is 5.91 Å². The van der Waals surface area contributed by atoms with Gasteiger partial charge in [-0.05, 0) is 24.6 Å². The van der Waals surface area contributed by atoms with Crippen molar-refractivity contribution >= 4 is 12.0 Å². The predicted octanol–water partition coefficient (Wildman–Crippen LogP) is 1.46. The molecule has 1 amide bonds. The maximum atomic E-state index is 12.1. The maximum absolute atomic E-state index is 12.1. The highest BCUT2D eigenvalue weighted by Gasteiger charge is 2.26. The number of aliphatic hydroxyl groups excluding tert-OH is 1. The van der Waals surface area contributed by atoms with Crippen molar-refractivity contribution in [2.75, 3.05) is 6.61 Å². The number of hydrogen-bond donors (Lipinski definition) is 2. The van der Waals surface area contributed by atoms with Crippen molar-refractivity contribution < 1.29 is 9.90 Å². The minimum atomic E-state index is -0.810. The van der Waals surface area contributed by atoms with Gasteiger partial charge in [0.05, 0.1) is 17.8 Å². The van der Waals surface area contributed by atoms with Gasteiger partial charge in [0.25, 0.3) is 0 Å². The summed E-state index contributed by atoms with van der Waals surface area (Å²) in [4.78, 5) is 12.1. The third-order valence-electron chi connectivity index (χ3n) is 3.39. The summed E-state index contributed by atoms with van der Waals surface area (Å²) in [6.07, 6.45) is 4.79. The van der Waals surface area contributed by atoms with Crippen LogP contribution < -0.4 is 5.32 Å². The number of hydrogen-bond acceptors (Lipinski definition) is 3. The van der Waals surface area contributed by atoms with Crippen LogP contribution in [0.25, 0.3) is 6.08 Å². The second kappa shape index (κ2) is 6.37. The monoisotopic (exact) mass is 285 g/mol. The fourth-order valence-corrected chi connectivity index (χ4v) is 2.03. The Morgan fingerprint density at radius 3 is 2.67 bits per heavy atom. The number of nitrogens with zero attached hydrogens (tertiary/aromatic N) is 2. The minimum absolute atomic E-state index is 0.178. The van der Waals surface area contributed by atoms with E-state index in [1.807, 2.05) is 36.4 Å². The summed E-state index contributed by atoms with van der Waals surface area (Å²) in [6.45, 7) is 1.61. The molecule has 0 saturated carbocycles. The van der Waals surface area contributed by atoms with Gasteiger partial charge < -0.3 is 10.4 Å². The van der Waals surface area contributed by atoms with Crippen molar-refractivity contribution in [2.45, 2.75) is 12.5 Å². The Bertz CT molecular complexity index is 634. The number of aliphatic hydroxyl groups is 1. The minimum Gasteiger partial charge on any atom is -0.394 e. The molecule has 0 spiro atoms. The van der Waals surface area contributed by atoms with E-state index >= 15 is 0 Å². The Balaban J connectivity index is 2.10. The molecule has 5 heteroatoms. The quantitative estimate of drug-likeness (QED) is 0.817. The molecule has 1 unspecified atom stereocenters. The van der Waals surface area contributed by atoms with Gasteiger partial charge in [0.15, 0.2) is 0 Å². The molecule has 1 atom stereocenters. The summed E-state index contributed by atoms with van der Waals surface area (Å²) in [5.41, 5.74) is 0.875. The Kier molecular flexibility index (Phi) is 4.55. The first-order chi connectivity index (χ1) is 10.0. The molecular formula is C16H19N3O2. The molecule has 21 heavy (non-hydrogen) atoms. The Morgan fingerprint density at radius 2 is 2.10 bits per heavy atom. The van der Waals surface area contributed by atoms with Gasteiger partial charge in [-0.25, -0.2) is 0 Å². The summed E-state index contributed by atoms with van der Waals surface area (Å²) in [5, 5.41) is 16.5. The van der Waals surface area contributed by atoms with Gasteiger partial charge in [-0.1, -0.05) is 30.3 Å². The van der Waals surface area contributed by atoms with Crippen molar-refractivity contribution in [1.29, 1.82) is 0 Å². The summed E-state index contributed by atoms with van der Waals surface area (Å²) >= 11 is 0. The normalized spacial score (nSPS) is 14.0. The van der Waals surface area contributed by atoms with Crippen molar-refractivity contribution in [3.8, 4) is 0 Å². The van der Waals surface area contributed by atoms with E-state index in [0.29, 0.717) is 0 Å². The van der Waals surface area contributed by atoms with Crippen LogP contribution in [0.4, 0.5) is 0 Å². The average molecular weight is 285 g/mol. The zero-order valence-electron chi connectivity index (χ0n) is 12.2. The van der Waals surface area contributed by atoms with Crippen molar-refractivity contribution in [3.63, 3.8) is 0 Å². The van der Waals surface area contributed by atoms with Crippen LogP contribution in [-0.2, 0) is 17.4 Å². The summed E-state index contributed by atoms with van der Waals surface area (Å²) in [7, 11) is 1.80. The average Bonchev–Trinajstić information content (AvgIpc) is 2.91. The molecule has 0 fully saturated rings. The number of nitrogens with one attached hydrogen (secondary N) is 1. The Hall–Kier alpha value is -2.40. The zero-order chi connectivity index (χ0) is 15.3. The first-order valence-electron chi connectivity index (χ1n) is 6.70. The van der Waals surface area contributed by atoms with Crippen LogP contribution in [0.2, 0.25) is 0 Å². The molecule has 0 aliphatic rings. The molecule has 0 bridgehead atoms. The molecule has 2 rings (SSSR count). The Morgan fingerprint density at radius 1 is 1.38 bits per heavy atom. The SMILES string of the molecule is Cn1nccc1/C=C/C(=O)NC(C)(CO)c1ccccc1. The topological polar surface area (TPSA) is 67.2 Å². The van der Waals surface area contributed by atoms with E-state index in [4.69, 9.17) is 0 Å². The molecule has 110 valence electrons. The number of carbonyl (C=O) groups excluding carboxylic acids is 1. The van der Waals surface area contributed by atoms with Crippen LogP contribution in [0.15, 0.2) is 48.7 Å². The van der Waals surface area contributed by atoms with Crippen molar-refractivity contribution in [2.24, 2.45) is 7.05 Å². The Labute approximate surface area is 123 Å². The van der Waals surface area contributed by atoms with E-state index in [1.165, 1.54) is 6.08 Å². The van der Waals surface area contributed by atoms with Gasteiger partial charge in [-0.3, -0.25) is 9.48 Å². The lowest BCUT2D eigenvalue weighted by Gasteiger charge is -2.28. The van der Waals surface area contributed by atoms with E-state index < -0.39 is 5.54 Å². The third kappa shape index (κ3) is 3.58. The summed E-state index contributed by atoms with van der Waals surface area (Å²) < 4.78 is 1.67.